The van der Waals surface area contributed by atoms with Crippen LogP contribution in [0.2, 0.25) is 0 Å². The molecule has 160 valence electrons. The van der Waals surface area contributed by atoms with Gasteiger partial charge in [0.25, 0.3) is 0 Å². The van der Waals surface area contributed by atoms with E-state index in [2.05, 4.69) is 4.98 Å². The van der Waals surface area contributed by atoms with Gasteiger partial charge in [-0.15, -0.1) is 0 Å². The molecular weight excluding hydrogens is 441 g/mol. The molecule has 1 aromatic heterocycles. The van der Waals surface area contributed by atoms with Crippen LogP contribution in [-0.4, -0.2) is 10.1 Å². The number of nitrogens with zero attached hydrogens (tertiary/aromatic N) is 4. The molecule has 0 saturated heterocycles. The Morgan fingerprint density at radius 3 is 2.32 bits per heavy atom. The average Bonchev–Trinajstić information content (AvgIpc) is 3.32. The Balaban J connectivity index is 2.07. The van der Waals surface area contributed by atoms with Crippen molar-refractivity contribution in [1.82, 2.24) is 4.98 Å². The molecule has 0 bridgehead atoms. The van der Waals surface area contributed by atoms with Crippen LogP contribution in [0.15, 0.2) is 59.8 Å². The maximum Gasteiger partial charge on any atom is 0.195 e. The highest BCUT2D eigenvalue weighted by molar-refractivity contribution is 6.20. The number of allylic oxidation sites excluding steroid dienone is 5. The molecule has 3 aromatic rings. The topological polar surface area (TPSA) is 104 Å². The van der Waals surface area contributed by atoms with E-state index in [-0.39, 0.29) is 28.0 Å². The Labute approximate surface area is 190 Å². The summed E-state index contributed by atoms with van der Waals surface area (Å²) >= 11 is 0. The largest absolute Gasteiger partial charge is 0.507 e. The summed E-state index contributed by atoms with van der Waals surface area (Å²) in [5.41, 5.74) is 0.606. The van der Waals surface area contributed by atoms with E-state index in [9.17, 15) is 29.7 Å². The fraction of sp³-hybridized carbons (Fsp3) is 0. The van der Waals surface area contributed by atoms with Gasteiger partial charge in [0, 0.05) is 45.7 Å². The molecule has 0 saturated carbocycles. The molecule has 0 aliphatic heterocycles. The summed E-state index contributed by atoms with van der Waals surface area (Å²) in [7, 11) is 0. The van der Waals surface area contributed by atoms with Crippen molar-refractivity contribution in [1.29, 1.82) is 15.8 Å². The van der Waals surface area contributed by atoms with E-state index in [1.807, 2.05) is 6.07 Å². The van der Waals surface area contributed by atoms with Gasteiger partial charge in [-0.2, -0.15) is 15.8 Å². The minimum Gasteiger partial charge on any atom is -0.507 e. The van der Waals surface area contributed by atoms with E-state index < -0.39 is 28.6 Å². The molecule has 5 rings (SSSR count). The van der Waals surface area contributed by atoms with Crippen LogP contribution in [-0.2, 0) is 0 Å². The predicted molar refractivity (Wildman–Crippen MR) is 115 cm³/mol. The van der Waals surface area contributed by atoms with E-state index in [0.29, 0.717) is 28.0 Å². The first-order valence-corrected chi connectivity index (χ1v) is 9.80. The number of phenols is 1. The summed E-state index contributed by atoms with van der Waals surface area (Å²) in [5.74, 6) is -4.91. The van der Waals surface area contributed by atoms with Gasteiger partial charge in [0.1, 0.15) is 23.5 Å². The van der Waals surface area contributed by atoms with Crippen LogP contribution in [0.4, 0.5) is 13.2 Å². The van der Waals surface area contributed by atoms with Crippen LogP contribution >= 0.6 is 0 Å². The van der Waals surface area contributed by atoms with E-state index in [4.69, 9.17) is 0 Å². The van der Waals surface area contributed by atoms with Crippen molar-refractivity contribution in [2.45, 2.75) is 0 Å². The number of benzene rings is 2. The van der Waals surface area contributed by atoms with Gasteiger partial charge in [0.2, 0.25) is 0 Å². The Morgan fingerprint density at radius 2 is 1.62 bits per heavy atom. The quantitative estimate of drug-likeness (QED) is 0.285. The van der Waals surface area contributed by atoms with Crippen molar-refractivity contribution in [3.8, 4) is 35.2 Å². The van der Waals surface area contributed by atoms with Gasteiger partial charge >= 0.3 is 0 Å². The van der Waals surface area contributed by atoms with Crippen LogP contribution in [0.3, 0.4) is 0 Å². The fourth-order valence-electron chi connectivity index (χ4n) is 4.53. The van der Waals surface area contributed by atoms with Gasteiger partial charge in [-0.1, -0.05) is 18.2 Å². The summed E-state index contributed by atoms with van der Waals surface area (Å²) in [6.07, 6.45) is 2.53. The van der Waals surface area contributed by atoms with E-state index >= 15 is 4.39 Å². The standard InChI is InChI=1S/C26H9F3N4O/c27-17-9-16-13(6-7-30)22(19(12(10-31)11-32)23(16)25(29)24(17)28)20-14-3-1-5-18(34)21(14)26-15(20)4-2-8-33-26/h1-6,8-9,34H/b13-6?,22-20+. The number of phenolic OH excluding ortho intramolecular Hbond substituents is 1. The highest BCUT2D eigenvalue weighted by Crippen LogP contribution is 2.57. The van der Waals surface area contributed by atoms with E-state index in [1.54, 1.807) is 36.4 Å². The summed E-state index contributed by atoms with van der Waals surface area (Å²) in [5, 5.41) is 39.3. The molecule has 0 unspecified atom stereocenters. The number of rotatable bonds is 0. The van der Waals surface area contributed by atoms with Gasteiger partial charge in [-0.05, 0) is 29.3 Å². The molecule has 0 atom stereocenters. The van der Waals surface area contributed by atoms with Crippen LogP contribution < -0.4 is 0 Å². The maximum atomic E-state index is 15.1. The fourth-order valence-corrected chi connectivity index (χ4v) is 4.53. The number of hydrogen-bond donors (Lipinski definition) is 1. The molecule has 2 aliphatic carbocycles. The van der Waals surface area contributed by atoms with E-state index in [0.717, 1.165) is 12.1 Å². The predicted octanol–water partition coefficient (Wildman–Crippen LogP) is 5.41. The third-order valence-corrected chi connectivity index (χ3v) is 5.78. The van der Waals surface area contributed by atoms with Gasteiger partial charge < -0.3 is 5.11 Å². The zero-order valence-corrected chi connectivity index (χ0v) is 17.0. The molecule has 1 N–H and O–H groups in total. The Hall–Kier alpha value is -5.13. The number of halogens is 3. The molecule has 8 heteroatoms. The number of hydrogen-bond acceptors (Lipinski definition) is 5. The van der Waals surface area contributed by atoms with Gasteiger partial charge in [0.15, 0.2) is 17.5 Å². The van der Waals surface area contributed by atoms with Gasteiger partial charge in [0.05, 0.1) is 17.3 Å². The smallest absolute Gasteiger partial charge is 0.195 e. The lowest BCUT2D eigenvalue weighted by atomic mass is 9.89. The monoisotopic (exact) mass is 450 g/mol. The number of nitriles is 3. The molecule has 1 heterocycles. The summed E-state index contributed by atoms with van der Waals surface area (Å²) in [6.45, 7) is 0. The third kappa shape index (κ3) is 2.62. The zero-order valence-electron chi connectivity index (χ0n) is 17.0. The van der Waals surface area contributed by atoms with Crippen LogP contribution in [0.5, 0.6) is 5.75 Å². The van der Waals surface area contributed by atoms with Gasteiger partial charge in [-0.25, -0.2) is 13.2 Å². The second kappa shape index (κ2) is 7.48. The van der Waals surface area contributed by atoms with Gasteiger partial charge in [-0.3, -0.25) is 4.98 Å². The second-order valence-corrected chi connectivity index (χ2v) is 7.42. The number of fused-ring (bicyclic) bond motifs is 4. The second-order valence-electron chi connectivity index (χ2n) is 7.42. The van der Waals surface area contributed by atoms with Crippen molar-refractivity contribution in [3.63, 3.8) is 0 Å². The molecule has 0 spiro atoms. The Bertz CT molecular complexity index is 1660. The molecular formula is C26H9F3N4O. The highest BCUT2D eigenvalue weighted by atomic mass is 19.2. The molecule has 5 nitrogen and oxygen atoms in total. The third-order valence-electron chi connectivity index (χ3n) is 5.78. The van der Waals surface area contributed by atoms with Crippen molar-refractivity contribution < 1.29 is 18.3 Å². The van der Waals surface area contributed by atoms with Crippen molar-refractivity contribution in [2.24, 2.45) is 0 Å². The molecule has 2 aromatic carbocycles. The SMILES string of the molecule is N#CC=C1/C(=C2\c3cccnc3-c3c(O)cccc32)C(=C(C#N)C#N)c2c1cc(F)c(F)c2F. The lowest BCUT2D eigenvalue weighted by Gasteiger charge is -2.12. The zero-order chi connectivity index (χ0) is 24.1. The lowest BCUT2D eigenvalue weighted by molar-refractivity contribution is 0.445. The van der Waals surface area contributed by atoms with Crippen LogP contribution in [0.25, 0.3) is 28.0 Å². The van der Waals surface area contributed by atoms with Crippen molar-refractivity contribution in [2.75, 3.05) is 0 Å². The van der Waals surface area contributed by atoms with Crippen molar-refractivity contribution >= 4 is 16.7 Å². The Morgan fingerprint density at radius 1 is 0.882 bits per heavy atom. The van der Waals surface area contributed by atoms with Crippen LogP contribution in [0.1, 0.15) is 22.3 Å². The molecule has 0 radical (unpaired) electrons. The summed E-state index contributed by atoms with van der Waals surface area (Å²) < 4.78 is 43.7. The number of aromatic hydroxyl groups is 1. The van der Waals surface area contributed by atoms with E-state index in [1.165, 1.54) is 12.3 Å². The lowest BCUT2D eigenvalue weighted by Crippen LogP contribution is -1.99. The first-order valence-electron chi connectivity index (χ1n) is 9.80. The molecule has 0 fully saturated rings. The first-order chi connectivity index (χ1) is 16.4. The minimum absolute atomic E-state index is 0.00861. The first kappa shape index (κ1) is 20.8. The highest BCUT2D eigenvalue weighted by Gasteiger charge is 2.40. The molecule has 0 amide bonds. The van der Waals surface area contributed by atoms with Crippen molar-refractivity contribution in [3.05, 3.63) is 99.5 Å². The Kier molecular flexibility index (Phi) is 4.57. The summed E-state index contributed by atoms with van der Waals surface area (Å²) in [4.78, 5) is 4.34. The van der Waals surface area contributed by atoms with Crippen LogP contribution in [0, 0.1) is 51.4 Å². The minimum atomic E-state index is -1.76. The number of aromatic nitrogens is 1. The normalized spacial score (nSPS) is 16.4. The maximum absolute atomic E-state index is 15.1. The average molecular weight is 450 g/mol. The molecule has 2 aliphatic rings. The molecule has 34 heavy (non-hydrogen) atoms. The summed E-state index contributed by atoms with van der Waals surface area (Å²) in [6, 6.07) is 13.9. The number of pyridine rings is 1.